The zero-order valence-electron chi connectivity index (χ0n) is 10.7. The van der Waals surface area contributed by atoms with E-state index in [0.29, 0.717) is 6.42 Å². The lowest BCUT2D eigenvalue weighted by molar-refractivity contribution is -0.132. The van der Waals surface area contributed by atoms with Crippen molar-refractivity contribution >= 4 is 5.91 Å². The van der Waals surface area contributed by atoms with E-state index in [2.05, 4.69) is 12.1 Å². The van der Waals surface area contributed by atoms with Gasteiger partial charge in [-0.15, -0.1) is 0 Å². The number of aryl methyl sites for hydroxylation is 1. The Labute approximate surface area is 108 Å². The van der Waals surface area contributed by atoms with Crippen LogP contribution in [0.5, 0.6) is 0 Å². The molecule has 0 aromatic heterocycles. The molecule has 1 aromatic rings. The van der Waals surface area contributed by atoms with E-state index in [1.165, 1.54) is 5.56 Å². The van der Waals surface area contributed by atoms with Crippen LogP contribution in [0, 0.1) is 0 Å². The van der Waals surface area contributed by atoms with Gasteiger partial charge in [0.1, 0.15) is 0 Å². The maximum Gasteiger partial charge on any atom is 0.222 e. The molecule has 0 aliphatic carbocycles. The molecule has 18 heavy (non-hydrogen) atoms. The van der Waals surface area contributed by atoms with Gasteiger partial charge in [-0.05, 0) is 31.2 Å². The van der Waals surface area contributed by atoms with E-state index in [4.69, 9.17) is 0 Å². The van der Waals surface area contributed by atoms with Crippen molar-refractivity contribution in [2.24, 2.45) is 0 Å². The van der Waals surface area contributed by atoms with Crippen LogP contribution in [0.1, 0.15) is 31.2 Å². The second-order valence-electron chi connectivity index (χ2n) is 4.90. The molecule has 1 atom stereocenters. The maximum absolute atomic E-state index is 12.0. The lowest BCUT2D eigenvalue weighted by atomic mass is 10.1. The van der Waals surface area contributed by atoms with Crippen LogP contribution in [-0.4, -0.2) is 35.1 Å². The number of hydrogen-bond donors (Lipinski definition) is 1. The summed E-state index contributed by atoms with van der Waals surface area (Å²) in [4.78, 5) is 13.9. The molecule has 0 saturated carbocycles. The van der Waals surface area contributed by atoms with Crippen LogP contribution in [0.4, 0.5) is 0 Å². The number of benzene rings is 1. The van der Waals surface area contributed by atoms with Crippen molar-refractivity contribution in [2.45, 2.75) is 38.1 Å². The van der Waals surface area contributed by atoms with Gasteiger partial charge in [0.15, 0.2) is 0 Å². The highest BCUT2D eigenvalue weighted by atomic mass is 16.3. The minimum atomic E-state index is 0.0641. The summed E-state index contributed by atoms with van der Waals surface area (Å²) in [6.45, 7) is 0.916. The lowest BCUT2D eigenvalue weighted by Crippen LogP contribution is -2.37. The van der Waals surface area contributed by atoms with Gasteiger partial charge in [0.05, 0.1) is 12.6 Å². The van der Waals surface area contributed by atoms with E-state index in [1.54, 1.807) is 0 Å². The fourth-order valence-electron chi connectivity index (χ4n) is 2.59. The first-order valence-electron chi connectivity index (χ1n) is 6.75. The highest BCUT2D eigenvalue weighted by Crippen LogP contribution is 2.18. The molecule has 1 saturated heterocycles. The number of nitrogens with zero attached hydrogens (tertiary/aromatic N) is 1. The van der Waals surface area contributed by atoms with Crippen LogP contribution >= 0.6 is 0 Å². The molecule has 1 N–H and O–H groups in total. The lowest BCUT2D eigenvalue weighted by Gasteiger charge is -2.22. The van der Waals surface area contributed by atoms with Gasteiger partial charge in [-0.25, -0.2) is 0 Å². The van der Waals surface area contributed by atoms with Crippen molar-refractivity contribution in [1.82, 2.24) is 4.90 Å². The van der Waals surface area contributed by atoms with Gasteiger partial charge in [0.25, 0.3) is 0 Å². The normalized spacial score (nSPS) is 19.2. The molecule has 3 heteroatoms. The first-order chi connectivity index (χ1) is 8.81. The third-order valence-corrected chi connectivity index (χ3v) is 3.61. The molecule has 0 spiro atoms. The number of rotatable bonds is 5. The van der Waals surface area contributed by atoms with E-state index in [-0.39, 0.29) is 18.6 Å². The van der Waals surface area contributed by atoms with Gasteiger partial charge >= 0.3 is 0 Å². The van der Waals surface area contributed by atoms with E-state index in [9.17, 15) is 9.90 Å². The van der Waals surface area contributed by atoms with Gasteiger partial charge in [0.2, 0.25) is 5.91 Å². The van der Waals surface area contributed by atoms with Crippen molar-refractivity contribution in [3.63, 3.8) is 0 Å². The molecule has 2 rings (SSSR count). The molecule has 1 fully saturated rings. The topological polar surface area (TPSA) is 40.5 Å². The summed E-state index contributed by atoms with van der Waals surface area (Å²) in [5, 5.41) is 9.19. The SMILES string of the molecule is O=C(CCCc1ccccc1)N1CCC[C@H]1CO. The predicted octanol–water partition coefficient (Wildman–Crippen LogP) is 1.99. The Morgan fingerprint density at radius 3 is 2.83 bits per heavy atom. The van der Waals surface area contributed by atoms with E-state index in [0.717, 1.165) is 32.2 Å². The zero-order valence-corrected chi connectivity index (χ0v) is 10.7. The molecule has 1 aliphatic rings. The molecule has 3 nitrogen and oxygen atoms in total. The Morgan fingerprint density at radius 2 is 2.11 bits per heavy atom. The summed E-state index contributed by atoms with van der Waals surface area (Å²) < 4.78 is 0. The molecule has 1 heterocycles. The summed E-state index contributed by atoms with van der Waals surface area (Å²) in [5.74, 6) is 0.197. The summed E-state index contributed by atoms with van der Waals surface area (Å²) in [7, 11) is 0. The van der Waals surface area contributed by atoms with Gasteiger partial charge in [-0.2, -0.15) is 0 Å². The third-order valence-electron chi connectivity index (χ3n) is 3.61. The summed E-state index contributed by atoms with van der Waals surface area (Å²) in [5.41, 5.74) is 1.28. The molecule has 98 valence electrons. The van der Waals surface area contributed by atoms with Crippen molar-refractivity contribution < 1.29 is 9.90 Å². The molecular formula is C15H21NO2. The number of likely N-dealkylation sites (tertiary alicyclic amines) is 1. The van der Waals surface area contributed by atoms with Crippen LogP contribution in [0.25, 0.3) is 0 Å². The van der Waals surface area contributed by atoms with Crippen LogP contribution < -0.4 is 0 Å². The Kier molecular flexibility index (Phi) is 4.76. The Hall–Kier alpha value is -1.35. The molecule has 0 bridgehead atoms. The average molecular weight is 247 g/mol. The Bertz CT molecular complexity index is 377. The van der Waals surface area contributed by atoms with Crippen molar-refractivity contribution in [3.8, 4) is 0 Å². The maximum atomic E-state index is 12.0. The molecule has 1 aliphatic heterocycles. The molecule has 0 radical (unpaired) electrons. The van der Waals surface area contributed by atoms with Crippen molar-refractivity contribution in [1.29, 1.82) is 0 Å². The molecule has 1 amide bonds. The van der Waals surface area contributed by atoms with E-state index < -0.39 is 0 Å². The number of carbonyl (C=O) groups excluding carboxylic acids is 1. The second-order valence-corrected chi connectivity index (χ2v) is 4.90. The first-order valence-corrected chi connectivity index (χ1v) is 6.75. The fourth-order valence-corrected chi connectivity index (χ4v) is 2.59. The van der Waals surface area contributed by atoms with Crippen LogP contribution in [0.3, 0.4) is 0 Å². The van der Waals surface area contributed by atoms with Gasteiger partial charge in [-0.3, -0.25) is 4.79 Å². The number of hydrogen-bond acceptors (Lipinski definition) is 2. The number of carbonyl (C=O) groups is 1. The van der Waals surface area contributed by atoms with Crippen LogP contribution in [-0.2, 0) is 11.2 Å². The first kappa shape index (κ1) is 13.1. The summed E-state index contributed by atoms with van der Waals surface area (Å²) >= 11 is 0. The zero-order chi connectivity index (χ0) is 12.8. The van der Waals surface area contributed by atoms with E-state index >= 15 is 0 Å². The Balaban J connectivity index is 1.75. The molecule has 0 unspecified atom stereocenters. The van der Waals surface area contributed by atoms with Crippen molar-refractivity contribution in [2.75, 3.05) is 13.2 Å². The second kappa shape index (κ2) is 6.55. The summed E-state index contributed by atoms with van der Waals surface area (Å²) in [6.07, 6.45) is 4.39. The average Bonchev–Trinajstić information content (AvgIpc) is 2.88. The highest BCUT2D eigenvalue weighted by Gasteiger charge is 2.27. The van der Waals surface area contributed by atoms with Crippen LogP contribution in [0.2, 0.25) is 0 Å². The molecular weight excluding hydrogens is 226 g/mol. The molecule has 1 aromatic carbocycles. The minimum Gasteiger partial charge on any atom is -0.394 e. The number of aliphatic hydroxyl groups is 1. The summed E-state index contributed by atoms with van der Waals surface area (Å²) in [6, 6.07) is 10.3. The van der Waals surface area contributed by atoms with Gasteiger partial charge in [0, 0.05) is 13.0 Å². The number of aliphatic hydroxyl groups excluding tert-OH is 1. The predicted molar refractivity (Wildman–Crippen MR) is 71.2 cm³/mol. The fraction of sp³-hybridized carbons (Fsp3) is 0.533. The Morgan fingerprint density at radius 1 is 1.33 bits per heavy atom. The van der Waals surface area contributed by atoms with Gasteiger partial charge < -0.3 is 10.0 Å². The largest absolute Gasteiger partial charge is 0.394 e. The smallest absolute Gasteiger partial charge is 0.222 e. The van der Waals surface area contributed by atoms with Crippen molar-refractivity contribution in [3.05, 3.63) is 35.9 Å². The van der Waals surface area contributed by atoms with Gasteiger partial charge in [-0.1, -0.05) is 30.3 Å². The highest BCUT2D eigenvalue weighted by molar-refractivity contribution is 5.76. The van der Waals surface area contributed by atoms with Crippen LogP contribution in [0.15, 0.2) is 30.3 Å². The minimum absolute atomic E-state index is 0.0641. The van der Waals surface area contributed by atoms with E-state index in [1.807, 2.05) is 23.1 Å². The quantitative estimate of drug-likeness (QED) is 0.864. The third kappa shape index (κ3) is 3.33. The monoisotopic (exact) mass is 247 g/mol. The number of amides is 1. The standard InChI is InChI=1S/C15H21NO2/c17-12-14-9-5-11-16(14)15(18)10-4-8-13-6-2-1-3-7-13/h1-3,6-7,14,17H,4-5,8-12H2/t14-/m0/s1.